The summed E-state index contributed by atoms with van der Waals surface area (Å²) < 4.78 is 39.2. The number of benzene rings is 2. The summed E-state index contributed by atoms with van der Waals surface area (Å²) in [5, 5.41) is 11.6. The first kappa shape index (κ1) is 21.5. The van der Waals surface area contributed by atoms with Crippen LogP contribution >= 0.6 is 0 Å². The lowest BCUT2D eigenvalue weighted by Gasteiger charge is -2.28. The number of methoxy groups -OCH3 is 5. The zero-order valence-electron chi connectivity index (χ0n) is 18.3. The van der Waals surface area contributed by atoms with E-state index in [1.807, 2.05) is 18.2 Å². The van der Waals surface area contributed by atoms with Crippen LogP contribution in [0.5, 0.6) is 28.7 Å². The summed E-state index contributed by atoms with van der Waals surface area (Å²) in [6, 6.07) is 9.24. The third-order valence-corrected chi connectivity index (χ3v) is 6.12. The highest BCUT2D eigenvalue weighted by Crippen LogP contribution is 2.54. The molecule has 0 unspecified atom stereocenters. The van der Waals surface area contributed by atoms with Gasteiger partial charge < -0.3 is 38.3 Å². The third kappa shape index (κ3) is 3.44. The molecular weight excluding hydrogens is 404 g/mol. The van der Waals surface area contributed by atoms with Crippen molar-refractivity contribution in [2.45, 2.75) is 17.8 Å². The maximum Gasteiger partial charge on any atom is 0.203 e. The van der Waals surface area contributed by atoms with Crippen molar-refractivity contribution < 1.29 is 38.3 Å². The van der Waals surface area contributed by atoms with Crippen LogP contribution < -0.4 is 23.7 Å². The lowest BCUT2D eigenvalue weighted by atomic mass is 9.81. The monoisotopic (exact) mass is 432 g/mol. The van der Waals surface area contributed by atoms with E-state index in [9.17, 15) is 5.11 Å². The first-order valence-corrected chi connectivity index (χ1v) is 9.98. The molecule has 8 heteroatoms. The van der Waals surface area contributed by atoms with Crippen molar-refractivity contribution in [2.24, 2.45) is 5.92 Å². The zero-order chi connectivity index (χ0) is 22.2. The molecule has 0 saturated carbocycles. The summed E-state index contributed by atoms with van der Waals surface area (Å²) in [7, 11) is 7.84. The normalized spacial score (nSPS) is 27.0. The second-order valence-electron chi connectivity index (χ2n) is 7.62. The summed E-state index contributed by atoms with van der Waals surface area (Å²) in [5.41, 5.74) is 0.423. The van der Waals surface area contributed by atoms with E-state index < -0.39 is 11.7 Å². The number of hydrogen-bond donors (Lipinski definition) is 1. The fraction of sp³-hybridized carbons (Fsp3) is 0.478. The molecule has 31 heavy (non-hydrogen) atoms. The van der Waals surface area contributed by atoms with E-state index in [1.165, 1.54) is 0 Å². The van der Waals surface area contributed by atoms with Gasteiger partial charge in [0, 0.05) is 5.92 Å². The summed E-state index contributed by atoms with van der Waals surface area (Å²) in [4.78, 5) is 0. The summed E-state index contributed by atoms with van der Waals surface area (Å²) in [6.45, 7) is 0.481. The van der Waals surface area contributed by atoms with Gasteiger partial charge in [0.05, 0.1) is 54.9 Å². The molecule has 2 heterocycles. The largest absolute Gasteiger partial charge is 0.493 e. The van der Waals surface area contributed by atoms with Gasteiger partial charge in [-0.25, -0.2) is 0 Å². The minimum Gasteiger partial charge on any atom is -0.493 e. The molecular formula is C23H28O8. The van der Waals surface area contributed by atoms with Crippen LogP contribution in [0.2, 0.25) is 0 Å². The molecule has 0 radical (unpaired) electrons. The Kier molecular flexibility index (Phi) is 5.88. The molecule has 0 amide bonds. The van der Waals surface area contributed by atoms with E-state index in [2.05, 4.69) is 0 Å². The average molecular weight is 432 g/mol. The molecule has 1 N–H and O–H groups in total. The zero-order valence-corrected chi connectivity index (χ0v) is 18.3. The van der Waals surface area contributed by atoms with E-state index in [-0.39, 0.29) is 18.6 Å². The Morgan fingerprint density at radius 3 is 1.97 bits per heavy atom. The summed E-state index contributed by atoms with van der Waals surface area (Å²) in [5.74, 6) is 2.48. The number of hydrogen-bond acceptors (Lipinski definition) is 8. The maximum absolute atomic E-state index is 11.6. The molecule has 2 aliphatic rings. The smallest absolute Gasteiger partial charge is 0.203 e. The van der Waals surface area contributed by atoms with Crippen LogP contribution in [0.15, 0.2) is 30.3 Å². The second kappa shape index (κ2) is 8.45. The molecule has 0 spiro atoms. The van der Waals surface area contributed by atoms with Gasteiger partial charge in [-0.15, -0.1) is 0 Å². The first-order valence-electron chi connectivity index (χ1n) is 9.98. The SMILES string of the molecule is COc1ccc([C@@H]2OC[C@]3(O)[C@@H](c4cc(OC)c(OC)c(OC)c4)OC[C@H]23)cc1OC. The van der Waals surface area contributed by atoms with Crippen LogP contribution in [0.25, 0.3) is 0 Å². The second-order valence-corrected chi connectivity index (χ2v) is 7.62. The number of aliphatic hydroxyl groups is 1. The Morgan fingerprint density at radius 2 is 1.39 bits per heavy atom. The van der Waals surface area contributed by atoms with Crippen LogP contribution in [-0.2, 0) is 9.47 Å². The molecule has 2 aliphatic heterocycles. The highest BCUT2D eigenvalue weighted by molar-refractivity contribution is 5.55. The summed E-state index contributed by atoms with van der Waals surface area (Å²) in [6.07, 6.45) is -0.937. The standard InChI is InChI=1S/C23H28O8/c1-25-16-7-6-13(8-17(16)26-2)20-15-11-30-22(23(15,24)12-31-20)14-9-18(27-3)21(29-5)19(10-14)28-4/h6-10,15,20,22,24H,11-12H2,1-5H3/t15-,20+,22-,23-/m1/s1. The predicted octanol–water partition coefficient (Wildman–Crippen LogP) is 2.92. The van der Waals surface area contributed by atoms with Crippen molar-refractivity contribution >= 4 is 0 Å². The average Bonchev–Trinajstić information content (AvgIpc) is 3.31. The molecule has 168 valence electrons. The van der Waals surface area contributed by atoms with Crippen LogP contribution in [0.4, 0.5) is 0 Å². The first-order chi connectivity index (χ1) is 15.0. The lowest BCUT2D eigenvalue weighted by Crippen LogP contribution is -2.39. The molecule has 2 aromatic rings. The van der Waals surface area contributed by atoms with Gasteiger partial charge >= 0.3 is 0 Å². The van der Waals surface area contributed by atoms with E-state index >= 15 is 0 Å². The molecule has 0 bridgehead atoms. The highest BCUT2D eigenvalue weighted by atomic mass is 16.6. The van der Waals surface area contributed by atoms with Gasteiger partial charge in [-0.05, 0) is 35.4 Å². The topological polar surface area (TPSA) is 84.8 Å². The van der Waals surface area contributed by atoms with Crippen LogP contribution in [-0.4, -0.2) is 59.5 Å². The van der Waals surface area contributed by atoms with Crippen molar-refractivity contribution in [3.8, 4) is 28.7 Å². The fourth-order valence-electron chi connectivity index (χ4n) is 4.55. The molecule has 2 saturated heterocycles. The van der Waals surface area contributed by atoms with Crippen molar-refractivity contribution in [2.75, 3.05) is 48.8 Å². The van der Waals surface area contributed by atoms with Gasteiger partial charge in [0.2, 0.25) is 5.75 Å². The molecule has 8 nitrogen and oxygen atoms in total. The van der Waals surface area contributed by atoms with Gasteiger partial charge in [0.25, 0.3) is 0 Å². The van der Waals surface area contributed by atoms with Gasteiger partial charge in [-0.1, -0.05) is 6.07 Å². The van der Waals surface area contributed by atoms with Gasteiger partial charge in [0.1, 0.15) is 11.7 Å². The number of fused-ring (bicyclic) bond motifs is 1. The Hall–Kier alpha value is -2.68. The van der Waals surface area contributed by atoms with Gasteiger partial charge in [-0.3, -0.25) is 0 Å². The maximum atomic E-state index is 11.6. The predicted molar refractivity (Wildman–Crippen MR) is 111 cm³/mol. The van der Waals surface area contributed by atoms with Crippen molar-refractivity contribution in [1.29, 1.82) is 0 Å². The quantitative estimate of drug-likeness (QED) is 0.715. The molecule has 4 rings (SSSR count). The Labute approximate surface area is 181 Å². The fourth-order valence-corrected chi connectivity index (χ4v) is 4.55. The van der Waals surface area contributed by atoms with Crippen molar-refractivity contribution in [3.63, 3.8) is 0 Å². The third-order valence-electron chi connectivity index (χ3n) is 6.12. The Morgan fingerprint density at radius 1 is 0.774 bits per heavy atom. The van der Waals surface area contributed by atoms with Gasteiger partial charge in [0.15, 0.2) is 23.0 Å². The number of rotatable bonds is 7. The lowest BCUT2D eigenvalue weighted by molar-refractivity contribution is -0.0629. The molecule has 2 fully saturated rings. The molecule has 0 aromatic heterocycles. The highest BCUT2D eigenvalue weighted by Gasteiger charge is 2.59. The van der Waals surface area contributed by atoms with Crippen LogP contribution in [0.1, 0.15) is 23.3 Å². The minimum absolute atomic E-state index is 0.137. The molecule has 4 atom stereocenters. The summed E-state index contributed by atoms with van der Waals surface area (Å²) >= 11 is 0. The van der Waals surface area contributed by atoms with E-state index in [4.69, 9.17) is 33.2 Å². The molecule has 2 aromatic carbocycles. The van der Waals surface area contributed by atoms with Crippen molar-refractivity contribution in [1.82, 2.24) is 0 Å². The Balaban J connectivity index is 1.66. The van der Waals surface area contributed by atoms with Crippen LogP contribution in [0.3, 0.4) is 0 Å². The van der Waals surface area contributed by atoms with Crippen LogP contribution in [0, 0.1) is 5.92 Å². The van der Waals surface area contributed by atoms with Gasteiger partial charge in [-0.2, -0.15) is 0 Å². The van der Waals surface area contributed by atoms with Crippen molar-refractivity contribution in [3.05, 3.63) is 41.5 Å². The minimum atomic E-state index is -1.21. The molecule has 0 aliphatic carbocycles. The van der Waals surface area contributed by atoms with E-state index in [0.29, 0.717) is 35.4 Å². The number of ether oxygens (including phenoxy) is 7. The Bertz CT molecular complexity index is 920. The van der Waals surface area contributed by atoms with E-state index in [1.54, 1.807) is 47.7 Å². The van der Waals surface area contributed by atoms with E-state index in [0.717, 1.165) is 11.1 Å².